The van der Waals surface area contributed by atoms with Gasteiger partial charge in [-0.15, -0.1) is 0 Å². The fourth-order valence-electron chi connectivity index (χ4n) is 2.64. The SMILES string of the molecule is CC(CCCN1CCOCC1)N1CCOCC1. The van der Waals surface area contributed by atoms with Crippen molar-refractivity contribution < 1.29 is 9.47 Å². The number of hydrogen-bond acceptors (Lipinski definition) is 4. The lowest BCUT2D eigenvalue weighted by atomic mass is 10.1. The van der Waals surface area contributed by atoms with Gasteiger partial charge in [0.25, 0.3) is 0 Å². The highest BCUT2D eigenvalue weighted by molar-refractivity contribution is 4.71. The first-order chi connectivity index (χ1) is 8.36. The molecule has 2 aliphatic heterocycles. The molecule has 100 valence electrons. The molecule has 0 aromatic carbocycles. The molecule has 0 spiro atoms. The van der Waals surface area contributed by atoms with Crippen molar-refractivity contribution in [3.63, 3.8) is 0 Å². The third-order valence-corrected chi connectivity index (χ3v) is 3.87. The Morgan fingerprint density at radius 2 is 1.53 bits per heavy atom. The summed E-state index contributed by atoms with van der Waals surface area (Å²) in [6.45, 7) is 11.7. The number of ether oxygens (including phenoxy) is 2. The molecule has 2 fully saturated rings. The Hall–Kier alpha value is -0.160. The summed E-state index contributed by atoms with van der Waals surface area (Å²) < 4.78 is 10.7. The minimum Gasteiger partial charge on any atom is -0.379 e. The topological polar surface area (TPSA) is 24.9 Å². The van der Waals surface area contributed by atoms with Crippen molar-refractivity contribution in [1.29, 1.82) is 0 Å². The summed E-state index contributed by atoms with van der Waals surface area (Å²) in [4.78, 5) is 5.08. The third kappa shape index (κ3) is 4.54. The fourth-order valence-corrected chi connectivity index (χ4v) is 2.64. The molecule has 17 heavy (non-hydrogen) atoms. The van der Waals surface area contributed by atoms with Gasteiger partial charge in [-0.25, -0.2) is 0 Å². The average molecular weight is 242 g/mol. The van der Waals surface area contributed by atoms with Crippen LogP contribution in [0.3, 0.4) is 0 Å². The maximum Gasteiger partial charge on any atom is 0.0594 e. The van der Waals surface area contributed by atoms with Crippen LogP contribution >= 0.6 is 0 Å². The van der Waals surface area contributed by atoms with Gasteiger partial charge in [-0.3, -0.25) is 9.80 Å². The Balaban J connectivity index is 1.57. The highest BCUT2D eigenvalue weighted by atomic mass is 16.5. The van der Waals surface area contributed by atoms with E-state index in [0.717, 1.165) is 52.6 Å². The van der Waals surface area contributed by atoms with Crippen molar-refractivity contribution in [3.8, 4) is 0 Å². The Bertz CT molecular complexity index is 202. The average Bonchev–Trinajstić information content (AvgIpc) is 2.41. The summed E-state index contributed by atoms with van der Waals surface area (Å²) >= 11 is 0. The van der Waals surface area contributed by atoms with Crippen LogP contribution in [0.4, 0.5) is 0 Å². The second kappa shape index (κ2) is 7.31. The number of hydrogen-bond donors (Lipinski definition) is 0. The minimum absolute atomic E-state index is 0.708. The zero-order valence-electron chi connectivity index (χ0n) is 11.1. The van der Waals surface area contributed by atoms with Crippen molar-refractivity contribution in [2.75, 3.05) is 59.2 Å². The standard InChI is InChI=1S/C13H26N2O2/c1-13(15-7-11-17-12-8-15)3-2-4-14-5-9-16-10-6-14/h13H,2-12H2,1H3. The van der Waals surface area contributed by atoms with Crippen LogP contribution in [0.2, 0.25) is 0 Å². The Morgan fingerprint density at radius 1 is 0.941 bits per heavy atom. The predicted octanol–water partition coefficient (Wildman–Crippen LogP) is 0.820. The van der Waals surface area contributed by atoms with Gasteiger partial charge in [0.05, 0.1) is 26.4 Å². The molecule has 0 amide bonds. The van der Waals surface area contributed by atoms with E-state index >= 15 is 0 Å². The minimum atomic E-state index is 0.708. The summed E-state index contributed by atoms with van der Waals surface area (Å²) in [7, 11) is 0. The van der Waals surface area contributed by atoms with E-state index in [1.807, 2.05) is 0 Å². The summed E-state index contributed by atoms with van der Waals surface area (Å²) in [5, 5.41) is 0. The molecule has 2 rings (SSSR count). The van der Waals surface area contributed by atoms with E-state index in [4.69, 9.17) is 9.47 Å². The van der Waals surface area contributed by atoms with Crippen LogP contribution in [0.1, 0.15) is 19.8 Å². The number of nitrogens with zero attached hydrogens (tertiary/aromatic N) is 2. The van der Waals surface area contributed by atoms with Crippen LogP contribution in [0, 0.1) is 0 Å². The van der Waals surface area contributed by atoms with Gasteiger partial charge in [0, 0.05) is 32.2 Å². The highest BCUT2D eigenvalue weighted by Gasteiger charge is 2.17. The van der Waals surface area contributed by atoms with Crippen molar-refractivity contribution in [2.24, 2.45) is 0 Å². The zero-order chi connectivity index (χ0) is 11.9. The van der Waals surface area contributed by atoms with Gasteiger partial charge in [0.2, 0.25) is 0 Å². The lowest BCUT2D eigenvalue weighted by Gasteiger charge is -2.33. The molecule has 0 aromatic heterocycles. The number of morpholine rings is 2. The van der Waals surface area contributed by atoms with Gasteiger partial charge in [0.15, 0.2) is 0 Å². The third-order valence-electron chi connectivity index (χ3n) is 3.87. The first kappa shape index (κ1) is 13.3. The zero-order valence-corrected chi connectivity index (χ0v) is 11.1. The van der Waals surface area contributed by atoms with Gasteiger partial charge in [0.1, 0.15) is 0 Å². The number of rotatable bonds is 5. The van der Waals surface area contributed by atoms with Crippen LogP contribution in [-0.2, 0) is 9.47 Å². The molecule has 0 aromatic rings. The molecule has 0 aliphatic carbocycles. The van der Waals surface area contributed by atoms with E-state index in [9.17, 15) is 0 Å². The van der Waals surface area contributed by atoms with Gasteiger partial charge < -0.3 is 9.47 Å². The van der Waals surface area contributed by atoms with Crippen molar-refractivity contribution >= 4 is 0 Å². The van der Waals surface area contributed by atoms with Crippen molar-refractivity contribution in [2.45, 2.75) is 25.8 Å². The van der Waals surface area contributed by atoms with Crippen LogP contribution in [0.15, 0.2) is 0 Å². The molecule has 2 aliphatic rings. The second-order valence-corrected chi connectivity index (χ2v) is 5.09. The molecule has 4 nitrogen and oxygen atoms in total. The van der Waals surface area contributed by atoms with Gasteiger partial charge in [-0.1, -0.05) is 0 Å². The monoisotopic (exact) mass is 242 g/mol. The maximum absolute atomic E-state index is 5.39. The Labute approximate surface area is 105 Å². The molecule has 1 atom stereocenters. The molecular formula is C13H26N2O2. The smallest absolute Gasteiger partial charge is 0.0594 e. The summed E-state index contributed by atoms with van der Waals surface area (Å²) in [6.07, 6.45) is 2.61. The summed E-state index contributed by atoms with van der Waals surface area (Å²) in [6, 6.07) is 0.708. The van der Waals surface area contributed by atoms with E-state index in [1.165, 1.54) is 19.4 Å². The quantitative estimate of drug-likeness (QED) is 0.712. The molecule has 0 saturated carbocycles. The first-order valence-corrected chi connectivity index (χ1v) is 6.98. The Morgan fingerprint density at radius 3 is 2.18 bits per heavy atom. The molecule has 4 heteroatoms. The van der Waals surface area contributed by atoms with E-state index in [-0.39, 0.29) is 0 Å². The van der Waals surface area contributed by atoms with Crippen molar-refractivity contribution in [1.82, 2.24) is 9.80 Å². The lowest BCUT2D eigenvalue weighted by Crippen LogP contribution is -2.42. The first-order valence-electron chi connectivity index (χ1n) is 6.98. The maximum atomic E-state index is 5.39. The highest BCUT2D eigenvalue weighted by Crippen LogP contribution is 2.10. The van der Waals surface area contributed by atoms with Crippen LogP contribution in [0.5, 0.6) is 0 Å². The van der Waals surface area contributed by atoms with Gasteiger partial charge >= 0.3 is 0 Å². The molecule has 0 bridgehead atoms. The van der Waals surface area contributed by atoms with Crippen LogP contribution in [-0.4, -0.2) is 75.0 Å². The predicted molar refractivity (Wildman–Crippen MR) is 68.3 cm³/mol. The van der Waals surface area contributed by atoms with E-state index < -0.39 is 0 Å². The van der Waals surface area contributed by atoms with E-state index in [1.54, 1.807) is 0 Å². The van der Waals surface area contributed by atoms with Crippen molar-refractivity contribution in [3.05, 3.63) is 0 Å². The molecule has 1 unspecified atom stereocenters. The molecule has 2 heterocycles. The van der Waals surface area contributed by atoms with Crippen LogP contribution < -0.4 is 0 Å². The normalized spacial score (nSPS) is 25.9. The molecular weight excluding hydrogens is 216 g/mol. The summed E-state index contributed by atoms with van der Waals surface area (Å²) in [5.41, 5.74) is 0. The fraction of sp³-hybridized carbons (Fsp3) is 1.00. The summed E-state index contributed by atoms with van der Waals surface area (Å²) in [5.74, 6) is 0. The van der Waals surface area contributed by atoms with E-state index in [0.29, 0.717) is 6.04 Å². The molecule has 2 saturated heterocycles. The second-order valence-electron chi connectivity index (χ2n) is 5.09. The molecule has 0 radical (unpaired) electrons. The Kier molecular flexibility index (Phi) is 5.71. The largest absolute Gasteiger partial charge is 0.379 e. The van der Waals surface area contributed by atoms with Gasteiger partial charge in [-0.05, 0) is 26.3 Å². The van der Waals surface area contributed by atoms with Gasteiger partial charge in [-0.2, -0.15) is 0 Å². The van der Waals surface area contributed by atoms with Crippen LogP contribution in [0.25, 0.3) is 0 Å². The molecule has 0 N–H and O–H groups in total. The lowest BCUT2D eigenvalue weighted by molar-refractivity contribution is 0.0151. The van der Waals surface area contributed by atoms with E-state index in [2.05, 4.69) is 16.7 Å².